The Bertz CT molecular complexity index is 2440. The van der Waals surface area contributed by atoms with Gasteiger partial charge in [0.15, 0.2) is 17.1 Å². The van der Waals surface area contributed by atoms with Gasteiger partial charge >= 0.3 is 0 Å². The van der Waals surface area contributed by atoms with E-state index in [0.717, 1.165) is 62.8 Å². The van der Waals surface area contributed by atoms with Crippen molar-refractivity contribution in [2.24, 2.45) is 5.92 Å². The minimum atomic E-state index is -0.461. The van der Waals surface area contributed by atoms with Gasteiger partial charge in [0, 0.05) is 77.4 Å². The zero-order valence-electron chi connectivity index (χ0n) is 34.0. The molecule has 5 aromatic rings. The summed E-state index contributed by atoms with van der Waals surface area (Å²) >= 11 is 0. The number of piperazine rings is 1. The number of methoxy groups -OCH3 is 2. The third-order valence-electron chi connectivity index (χ3n) is 12.6. The van der Waals surface area contributed by atoms with E-state index in [2.05, 4.69) is 42.3 Å². The largest absolute Gasteiger partial charge is 0.493 e. The number of ether oxygens (including phenoxy) is 2. The molecule has 17 nitrogen and oxygen atoms in total. The van der Waals surface area contributed by atoms with Crippen LogP contribution in [0, 0.1) is 16.0 Å². The lowest BCUT2D eigenvalue weighted by Gasteiger charge is -2.52. The molecule has 2 aromatic heterocycles. The number of para-hydroxylation sites is 1. The summed E-state index contributed by atoms with van der Waals surface area (Å²) < 4.78 is 13.1. The summed E-state index contributed by atoms with van der Waals surface area (Å²) in [7, 11) is 6.84. The molecule has 3 aliphatic rings. The van der Waals surface area contributed by atoms with Crippen LogP contribution in [0.25, 0.3) is 11.0 Å². The highest BCUT2D eigenvalue weighted by atomic mass is 16.6. The first-order valence-corrected chi connectivity index (χ1v) is 20.2. The van der Waals surface area contributed by atoms with E-state index in [9.17, 15) is 24.5 Å². The normalized spacial score (nSPS) is 19.6. The molecule has 1 aliphatic carbocycles. The number of benzene rings is 2. The number of hydrogen-bond acceptors (Lipinski definition) is 14. The maximum absolute atomic E-state index is 14.2. The zero-order valence-corrected chi connectivity index (χ0v) is 34.0. The van der Waals surface area contributed by atoms with Crippen molar-refractivity contribution in [3.05, 3.63) is 96.2 Å². The minimum absolute atomic E-state index is 0.0328. The van der Waals surface area contributed by atoms with E-state index in [1.807, 2.05) is 4.90 Å². The zero-order chi connectivity index (χ0) is 41.4. The van der Waals surface area contributed by atoms with Crippen LogP contribution in [0.1, 0.15) is 48.8 Å². The van der Waals surface area contributed by atoms with Crippen molar-refractivity contribution in [2.45, 2.75) is 50.6 Å². The predicted octanol–water partition coefficient (Wildman–Crippen LogP) is 3.56. The van der Waals surface area contributed by atoms with Gasteiger partial charge in [-0.15, -0.1) is 0 Å². The van der Waals surface area contributed by atoms with Crippen LogP contribution in [0.15, 0.2) is 58.5 Å². The molecule has 0 atom stereocenters. The SMILES string of the molecule is COc1cc2c(cc1OC)C1(CCC(C(=O)N3CCN(c4ncnc5c4cnn5Cc4ccccc4[N+](=O)[O-])CC3)CC1)N(CCCNc1c(N(C)C)c(=O)c1=O)CC2. The first-order valence-electron chi connectivity index (χ1n) is 20.2. The maximum Gasteiger partial charge on any atom is 0.274 e. The molecule has 1 spiro atoms. The van der Waals surface area contributed by atoms with Crippen molar-refractivity contribution in [3.63, 3.8) is 0 Å². The van der Waals surface area contributed by atoms with E-state index in [-0.39, 0.29) is 34.5 Å². The first kappa shape index (κ1) is 39.7. The number of carbonyl (C=O) groups is 1. The Labute approximate surface area is 341 Å². The molecule has 0 radical (unpaired) electrons. The third kappa shape index (κ3) is 7.21. The van der Waals surface area contributed by atoms with Gasteiger partial charge < -0.3 is 29.5 Å². The fourth-order valence-electron chi connectivity index (χ4n) is 9.54. The molecule has 310 valence electrons. The second-order valence-electron chi connectivity index (χ2n) is 15.9. The Morgan fingerprint density at radius 1 is 1.00 bits per heavy atom. The molecule has 8 rings (SSSR count). The van der Waals surface area contributed by atoms with Crippen molar-refractivity contribution in [1.82, 2.24) is 29.5 Å². The lowest BCUT2D eigenvalue weighted by atomic mass is 9.68. The van der Waals surface area contributed by atoms with Crippen LogP contribution in [-0.4, -0.2) is 115 Å². The molecular weight excluding hydrogens is 757 g/mol. The molecule has 1 saturated carbocycles. The van der Waals surface area contributed by atoms with Gasteiger partial charge in [-0.3, -0.25) is 29.4 Å². The van der Waals surface area contributed by atoms with E-state index in [4.69, 9.17) is 9.47 Å². The standard InChI is InChI=1S/C42H50N10O7/c1-47(2)36-35(37(53)38(36)54)43-15-7-16-50-17-12-28-22-33(58-3)34(59-4)23-31(28)42(50)13-10-27(11-14-42)41(55)49-20-18-48(19-21-49)39-30-24-46-51(40(30)45-26-44-39)25-29-8-5-6-9-32(29)52(56)57/h5-6,8-9,22-24,26-27,43H,7,10-21,25H2,1-4H3. The van der Waals surface area contributed by atoms with E-state index in [0.29, 0.717) is 66.8 Å². The molecule has 2 aliphatic heterocycles. The second-order valence-corrected chi connectivity index (χ2v) is 15.9. The highest BCUT2D eigenvalue weighted by Crippen LogP contribution is 2.50. The highest BCUT2D eigenvalue weighted by molar-refractivity contribution is 5.87. The van der Waals surface area contributed by atoms with Gasteiger partial charge in [0.1, 0.15) is 23.5 Å². The van der Waals surface area contributed by atoms with E-state index >= 15 is 0 Å². The van der Waals surface area contributed by atoms with Gasteiger partial charge in [-0.25, -0.2) is 14.6 Å². The minimum Gasteiger partial charge on any atom is -0.493 e. The third-order valence-corrected chi connectivity index (χ3v) is 12.6. The number of aromatic nitrogens is 4. The van der Waals surface area contributed by atoms with Crippen LogP contribution in [-0.2, 0) is 23.3 Å². The molecule has 3 aromatic carbocycles. The Balaban J connectivity index is 0.931. The Hall–Kier alpha value is -6.10. The number of anilines is 3. The number of nitro benzene ring substituents is 1. The molecule has 0 bridgehead atoms. The number of rotatable bonds is 13. The number of hydrogen-bond donors (Lipinski definition) is 1. The molecule has 1 amide bonds. The summed E-state index contributed by atoms with van der Waals surface area (Å²) in [4.78, 5) is 67.3. The van der Waals surface area contributed by atoms with Crippen LogP contribution < -0.4 is 35.4 Å². The van der Waals surface area contributed by atoms with Crippen LogP contribution in [0.3, 0.4) is 0 Å². The molecule has 1 N–H and O–H groups in total. The smallest absolute Gasteiger partial charge is 0.274 e. The monoisotopic (exact) mass is 806 g/mol. The fourth-order valence-corrected chi connectivity index (χ4v) is 9.54. The number of amides is 1. The molecule has 17 heteroatoms. The fraction of sp³-hybridized carbons (Fsp3) is 0.476. The molecule has 4 heterocycles. The first-order chi connectivity index (χ1) is 28.5. The lowest BCUT2D eigenvalue weighted by Crippen LogP contribution is -2.55. The summed E-state index contributed by atoms with van der Waals surface area (Å²) in [5, 5.41) is 20.1. The maximum atomic E-state index is 14.2. The van der Waals surface area contributed by atoms with E-state index in [1.54, 1.807) is 62.3 Å². The molecular formula is C42H50N10O7. The van der Waals surface area contributed by atoms with Gasteiger partial charge in [0.25, 0.3) is 16.5 Å². The molecule has 0 unspecified atom stereocenters. The van der Waals surface area contributed by atoms with Crippen LogP contribution in [0.5, 0.6) is 11.5 Å². The second kappa shape index (κ2) is 16.3. The molecule has 2 fully saturated rings. The van der Waals surface area contributed by atoms with Gasteiger partial charge in [-0.1, -0.05) is 18.2 Å². The van der Waals surface area contributed by atoms with E-state index in [1.165, 1.54) is 23.5 Å². The number of nitro groups is 1. The Morgan fingerprint density at radius 2 is 1.73 bits per heavy atom. The van der Waals surface area contributed by atoms with Gasteiger partial charge in [-0.2, -0.15) is 5.10 Å². The summed E-state index contributed by atoms with van der Waals surface area (Å²) in [6.45, 7) is 4.74. The summed E-state index contributed by atoms with van der Waals surface area (Å²) in [5.74, 6) is 2.23. The van der Waals surface area contributed by atoms with Gasteiger partial charge in [0.05, 0.1) is 42.8 Å². The van der Waals surface area contributed by atoms with Crippen molar-refractivity contribution >= 4 is 39.8 Å². The summed E-state index contributed by atoms with van der Waals surface area (Å²) in [5.41, 5.74) is 3.26. The number of carbonyl (C=O) groups excluding carboxylic acids is 1. The number of fused-ring (bicyclic) bond motifs is 3. The Morgan fingerprint density at radius 3 is 2.44 bits per heavy atom. The molecule has 59 heavy (non-hydrogen) atoms. The number of nitrogens with zero attached hydrogens (tertiary/aromatic N) is 9. The van der Waals surface area contributed by atoms with Crippen LogP contribution in [0.4, 0.5) is 22.9 Å². The van der Waals surface area contributed by atoms with Crippen molar-refractivity contribution in [2.75, 3.05) is 89.2 Å². The lowest BCUT2D eigenvalue weighted by molar-refractivity contribution is -0.385. The average Bonchev–Trinajstić information content (AvgIpc) is 3.67. The van der Waals surface area contributed by atoms with Gasteiger partial charge in [-0.05, 0) is 61.8 Å². The average molecular weight is 807 g/mol. The summed E-state index contributed by atoms with van der Waals surface area (Å²) in [6, 6.07) is 10.9. The summed E-state index contributed by atoms with van der Waals surface area (Å²) in [6.07, 6.45) is 7.97. The van der Waals surface area contributed by atoms with Crippen molar-refractivity contribution in [3.8, 4) is 11.5 Å². The Kier molecular flexibility index (Phi) is 11.0. The highest BCUT2D eigenvalue weighted by Gasteiger charge is 2.47. The molecule has 1 saturated heterocycles. The van der Waals surface area contributed by atoms with Crippen LogP contribution >= 0.6 is 0 Å². The number of nitrogens with one attached hydrogen (secondary N) is 1. The van der Waals surface area contributed by atoms with Crippen LogP contribution in [0.2, 0.25) is 0 Å². The van der Waals surface area contributed by atoms with Crippen molar-refractivity contribution in [1.29, 1.82) is 0 Å². The topological polar surface area (TPSA) is 181 Å². The predicted molar refractivity (Wildman–Crippen MR) is 224 cm³/mol. The van der Waals surface area contributed by atoms with Crippen molar-refractivity contribution < 1.29 is 19.2 Å². The van der Waals surface area contributed by atoms with Gasteiger partial charge in [0.2, 0.25) is 5.91 Å². The quantitative estimate of drug-likeness (QED) is 0.0790. The van der Waals surface area contributed by atoms with E-state index < -0.39 is 10.9 Å².